The molecule has 1 fully saturated rings. The minimum Gasteiger partial charge on any atom is -0.488 e. The number of ether oxygens (including phenoxy) is 2. The van der Waals surface area contributed by atoms with Gasteiger partial charge < -0.3 is 14.8 Å². The van der Waals surface area contributed by atoms with Crippen LogP contribution in [0, 0.1) is 0 Å². The van der Waals surface area contributed by atoms with Crippen LogP contribution in [0.3, 0.4) is 0 Å². The smallest absolute Gasteiger partial charge is 0.251 e. The molecule has 3 aromatic rings. The lowest BCUT2D eigenvalue weighted by Crippen LogP contribution is -2.41. The molecule has 1 aliphatic rings. The highest BCUT2D eigenvalue weighted by atomic mass is 32.2. The number of sulfonamides is 1. The number of nitrogens with one attached hydrogen (secondary N) is 1. The van der Waals surface area contributed by atoms with Crippen molar-refractivity contribution in [3.63, 3.8) is 0 Å². The van der Waals surface area contributed by atoms with Crippen molar-refractivity contribution in [3.05, 3.63) is 82.0 Å². The molecule has 4 rings (SSSR count). The Morgan fingerprint density at radius 3 is 2.66 bits per heavy atom. The summed E-state index contributed by atoms with van der Waals surface area (Å²) < 4.78 is 38.6. The van der Waals surface area contributed by atoms with Gasteiger partial charge in [0.15, 0.2) is 0 Å². The maximum absolute atomic E-state index is 13.1. The summed E-state index contributed by atoms with van der Waals surface area (Å²) in [5.74, 6) is 0.298. The van der Waals surface area contributed by atoms with Gasteiger partial charge >= 0.3 is 0 Å². The van der Waals surface area contributed by atoms with Gasteiger partial charge in [-0.3, -0.25) is 4.79 Å². The highest BCUT2D eigenvalue weighted by Crippen LogP contribution is 2.22. The van der Waals surface area contributed by atoms with Crippen molar-refractivity contribution in [2.45, 2.75) is 18.0 Å². The van der Waals surface area contributed by atoms with Crippen LogP contribution in [-0.4, -0.2) is 44.9 Å². The number of carbonyl (C=O) groups is 1. The standard InChI is InChI=1S/C23H24N2O5S2/c26-23(18-6-3-7-20(15-18)30-17-21-8-4-14-31-21)24-16-19-5-1-2-9-22(19)32(27,28)25-10-12-29-13-11-25/h1-9,14-15H,10-13,16-17H2,(H,24,26). The maximum atomic E-state index is 13.1. The van der Waals surface area contributed by atoms with E-state index in [0.29, 0.717) is 49.8 Å². The first-order valence-electron chi connectivity index (χ1n) is 10.2. The Kier molecular flexibility index (Phi) is 7.21. The van der Waals surface area contributed by atoms with E-state index in [2.05, 4.69) is 5.32 Å². The Hall–Kier alpha value is -2.72. The van der Waals surface area contributed by atoms with Crippen LogP contribution < -0.4 is 10.1 Å². The first kappa shape index (κ1) is 22.5. The zero-order valence-electron chi connectivity index (χ0n) is 17.4. The van der Waals surface area contributed by atoms with Gasteiger partial charge in [-0.05, 0) is 41.3 Å². The first-order valence-corrected chi connectivity index (χ1v) is 12.6. The molecule has 1 saturated heterocycles. The summed E-state index contributed by atoms with van der Waals surface area (Å²) in [6, 6.07) is 17.6. The van der Waals surface area contributed by atoms with E-state index in [1.807, 2.05) is 17.5 Å². The van der Waals surface area contributed by atoms with Crippen molar-refractivity contribution in [3.8, 4) is 5.75 Å². The number of thiophene rings is 1. The predicted molar refractivity (Wildman–Crippen MR) is 122 cm³/mol. The molecule has 0 bridgehead atoms. The molecule has 0 unspecified atom stereocenters. The zero-order valence-corrected chi connectivity index (χ0v) is 19.0. The third kappa shape index (κ3) is 5.36. The fraction of sp³-hybridized carbons (Fsp3) is 0.261. The first-order chi connectivity index (χ1) is 15.5. The highest BCUT2D eigenvalue weighted by molar-refractivity contribution is 7.89. The van der Waals surface area contributed by atoms with Crippen LogP contribution >= 0.6 is 11.3 Å². The Balaban J connectivity index is 1.43. The summed E-state index contributed by atoms with van der Waals surface area (Å²) in [4.78, 5) is 14.0. The quantitative estimate of drug-likeness (QED) is 0.544. The molecule has 1 aliphatic heterocycles. The molecule has 0 saturated carbocycles. The second-order valence-electron chi connectivity index (χ2n) is 7.20. The molecule has 7 nitrogen and oxygen atoms in total. The molecule has 9 heteroatoms. The lowest BCUT2D eigenvalue weighted by Gasteiger charge is -2.27. The molecule has 2 aromatic carbocycles. The summed E-state index contributed by atoms with van der Waals surface area (Å²) in [5, 5.41) is 4.81. The minimum atomic E-state index is -3.66. The van der Waals surface area contributed by atoms with Gasteiger partial charge in [-0.15, -0.1) is 11.3 Å². The van der Waals surface area contributed by atoms with E-state index >= 15 is 0 Å². The van der Waals surface area contributed by atoms with Crippen molar-refractivity contribution in [2.24, 2.45) is 0 Å². The van der Waals surface area contributed by atoms with Crippen LogP contribution in [0.4, 0.5) is 0 Å². The molecule has 0 radical (unpaired) electrons. The number of hydrogen-bond donors (Lipinski definition) is 1. The van der Waals surface area contributed by atoms with Gasteiger partial charge in [0.25, 0.3) is 5.91 Å². The van der Waals surface area contributed by atoms with Crippen LogP contribution in [0.15, 0.2) is 70.9 Å². The van der Waals surface area contributed by atoms with Gasteiger partial charge in [0, 0.05) is 30.1 Å². The van der Waals surface area contributed by atoms with E-state index in [-0.39, 0.29) is 17.3 Å². The second kappa shape index (κ2) is 10.3. The van der Waals surface area contributed by atoms with Crippen molar-refractivity contribution in [2.75, 3.05) is 26.3 Å². The number of morpholine rings is 1. The van der Waals surface area contributed by atoms with E-state index in [1.165, 1.54) is 4.31 Å². The molecule has 0 spiro atoms. The van der Waals surface area contributed by atoms with Gasteiger partial charge in [0.05, 0.1) is 18.1 Å². The van der Waals surface area contributed by atoms with E-state index in [0.717, 1.165) is 4.88 Å². The van der Waals surface area contributed by atoms with Gasteiger partial charge in [-0.2, -0.15) is 4.31 Å². The topological polar surface area (TPSA) is 84.9 Å². The summed E-state index contributed by atoms with van der Waals surface area (Å²) in [7, 11) is -3.66. The third-order valence-electron chi connectivity index (χ3n) is 5.06. The minimum absolute atomic E-state index is 0.0961. The Labute approximate surface area is 191 Å². The fourth-order valence-electron chi connectivity index (χ4n) is 3.38. The molecule has 1 amide bonds. The summed E-state index contributed by atoms with van der Waals surface area (Å²) in [6.07, 6.45) is 0. The van der Waals surface area contributed by atoms with Crippen molar-refractivity contribution < 1.29 is 22.7 Å². The van der Waals surface area contributed by atoms with E-state index in [9.17, 15) is 13.2 Å². The van der Waals surface area contributed by atoms with Gasteiger partial charge in [-0.25, -0.2) is 8.42 Å². The zero-order chi connectivity index (χ0) is 22.4. The number of hydrogen-bond acceptors (Lipinski definition) is 6. The van der Waals surface area contributed by atoms with E-state index in [4.69, 9.17) is 9.47 Å². The number of rotatable bonds is 8. The molecule has 0 aliphatic carbocycles. The van der Waals surface area contributed by atoms with E-state index in [1.54, 1.807) is 59.9 Å². The Bertz CT molecular complexity index is 1160. The predicted octanol–water partition coefficient (Wildman–Crippen LogP) is 3.28. The summed E-state index contributed by atoms with van der Waals surface area (Å²) in [6.45, 7) is 1.93. The lowest BCUT2D eigenvalue weighted by molar-refractivity contribution is 0.0730. The van der Waals surface area contributed by atoms with Crippen LogP contribution in [0.1, 0.15) is 20.8 Å². The van der Waals surface area contributed by atoms with E-state index < -0.39 is 10.0 Å². The number of amides is 1. The third-order valence-corrected chi connectivity index (χ3v) is 7.91. The molecular formula is C23H24N2O5S2. The lowest BCUT2D eigenvalue weighted by atomic mass is 10.2. The fourth-order valence-corrected chi connectivity index (χ4v) is 5.63. The Morgan fingerprint density at radius 2 is 1.88 bits per heavy atom. The van der Waals surface area contributed by atoms with Gasteiger partial charge in [0.2, 0.25) is 10.0 Å². The average molecular weight is 473 g/mol. The normalized spacial score (nSPS) is 14.8. The Morgan fingerprint density at radius 1 is 1.06 bits per heavy atom. The summed E-state index contributed by atoms with van der Waals surface area (Å²) in [5.41, 5.74) is 0.986. The van der Waals surface area contributed by atoms with Crippen molar-refractivity contribution >= 4 is 27.3 Å². The molecule has 168 valence electrons. The van der Waals surface area contributed by atoms with Crippen molar-refractivity contribution in [1.82, 2.24) is 9.62 Å². The molecular weight excluding hydrogens is 448 g/mol. The summed E-state index contributed by atoms with van der Waals surface area (Å²) >= 11 is 1.61. The highest BCUT2D eigenvalue weighted by Gasteiger charge is 2.28. The largest absolute Gasteiger partial charge is 0.488 e. The van der Waals surface area contributed by atoms with Crippen LogP contribution in [0.5, 0.6) is 5.75 Å². The molecule has 32 heavy (non-hydrogen) atoms. The number of benzene rings is 2. The number of carbonyl (C=O) groups excluding carboxylic acids is 1. The second-order valence-corrected chi connectivity index (χ2v) is 10.1. The van der Waals surface area contributed by atoms with Crippen LogP contribution in [0.25, 0.3) is 0 Å². The SMILES string of the molecule is O=C(NCc1ccccc1S(=O)(=O)N1CCOCC1)c1cccc(OCc2cccs2)c1. The molecule has 1 N–H and O–H groups in total. The molecule has 2 heterocycles. The average Bonchev–Trinajstić information content (AvgIpc) is 3.36. The number of nitrogens with zero attached hydrogens (tertiary/aromatic N) is 1. The molecule has 1 aromatic heterocycles. The van der Waals surface area contributed by atoms with Gasteiger partial charge in [-0.1, -0.05) is 30.3 Å². The van der Waals surface area contributed by atoms with Gasteiger partial charge in [0.1, 0.15) is 12.4 Å². The van der Waals surface area contributed by atoms with Crippen molar-refractivity contribution in [1.29, 1.82) is 0 Å². The van der Waals surface area contributed by atoms with Crippen LogP contribution in [-0.2, 0) is 27.9 Å². The molecule has 0 atom stereocenters. The maximum Gasteiger partial charge on any atom is 0.251 e. The van der Waals surface area contributed by atoms with Crippen LogP contribution in [0.2, 0.25) is 0 Å². The monoisotopic (exact) mass is 472 g/mol.